The Balaban J connectivity index is 2.07. The molecule has 0 amide bonds. The minimum absolute atomic E-state index is 0.823. The van der Waals surface area contributed by atoms with Crippen molar-refractivity contribution in [3.05, 3.63) is 0 Å². The quantitative estimate of drug-likeness (QED) is 0.607. The maximum Gasteiger partial charge on any atom is -0.0292 e. The van der Waals surface area contributed by atoms with Gasteiger partial charge in [0.15, 0.2) is 0 Å². The molecule has 2 aliphatic rings. The fourth-order valence-corrected chi connectivity index (χ4v) is 3.93. The first-order valence-corrected chi connectivity index (χ1v) is 6.54. The van der Waals surface area contributed by atoms with E-state index >= 15 is 0 Å². The molecular formula is C14H26. The molecule has 0 aromatic heterocycles. The molecule has 2 fully saturated rings. The lowest BCUT2D eigenvalue weighted by Crippen LogP contribution is -2.26. The summed E-state index contributed by atoms with van der Waals surface area (Å²) in [6, 6.07) is 0. The van der Waals surface area contributed by atoms with Crippen LogP contribution in [-0.2, 0) is 0 Å². The Morgan fingerprint density at radius 1 is 0.857 bits per heavy atom. The van der Waals surface area contributed by atoms with Gasteiger partial charge >= 0.3 is 0 Å². The summed E-state index contributed by atoms with van der Waals surface area (Å²) in [5.74, 6) is 3.86. The Labute approximate surface area is 89.5 Å². The zero-order valence-corrected chi connectivity index (χ0v) is 10.3. The van der Waals surface area contributed by atoms with E-state index in [4.69, 9.17) is 0 Å². The fraction of sp³-hybridized carbons (Fsp3) is 1.00. The summed E-state index contributed by atoms with van der Waals surface area (Å²) in [6.07, 6.45) is 7.69. The van der Waals surface area contributed by atoms with E-state index in [1.54, 1.807) is 25.7 Å². The molecule has 0 aromatic rings. The van der Waals surface area contributed by atoms with Gasteiger partial charge in [-0.15, -0.1) is 0 Å². The average Bonchev–Trinajstić information content (AvgIpc) is 2.42. The fourth-order valence-electron chi connectivity index (χ4n) is 3.93. The van der Waals surface area contributed by atoms with Gasteiger partial charge in [-0.3, -0.25) is 0 Å². The molecule has 14 heavy (non-hydrogen) atoms. The van der Waals surface area contributed by atoms with Crippen molar-refractivity contribution < 1.29 is 0 Å². The standard InChI is InChI=1S/C14H26/c1-10(2)12-8-14(6-5-7-14)9-13(12)11(3)4/h10-13H,5-9H2,1-4H3. The molecule has 1 spiro atoms. The maximum absolute atomic E-state index is 2.43. The highest BCUT2D eigenvalue weighted by Gasteiger charge is 2.49. The second-order valence-corrected chi connectivity index (χ2v) is 6.58. The smallest absolute Gasteiger partial charge is 0.0292 e. The molecule has 2 saturated carbocycles. The molecule has 82 valence electrons. The molecule has 0 nitrogen and oxygen atoms in total. The highest BCUT2D eigenvalue weighted by atomic mass is 14.5. The molecule has 2 rings (SSSR count). The van der Waals surface area contributed by atoms with Crippen molar-refractivity contribution in [1.29, 1.82) is 0 Å². The van der Waals surface area contributed by atoms with E-state index in [0.29, 0.717) is 0 Å². The number of hydrogen-bond acceptors (Lipinski definition) is 0. The van der Waals surface area contributed by atoms with E-state index in [0.717, 1.165) is 29.1 Å². The topological polar surface area (TPSA) is 0 Å². The van der Waals surface area contributed by atoms with Crippen molar-refractivity contribution in [3.63, 3.8) is 0 Å². The molecule has 2 atom stereocenters. The van der Waals surface area contributed by atoms with Crippen molar-refractivity contribution in [2.24, 2.45) is 29.1 Å². The lowest BCUT2D eigenvalue weighted by Gasteiger charge is -2.39. The summed E-state index contributed by atoms with van der Waals surface area (Å²) < 4.78 is 0. The van der Waals surface area contributed by atoms with Gasteiger partial charge in [0.25, 0.3) is 0 Å². The van der Waals surface area contributed by atoms with Gasteiger partial charge in [-0.2, -0.15) is 0 Å². The Morgan fingerprint density at radius 2 is 1.29 bits per heavy atom. The predicted molar refractivity (Wildman–Crippen MR) is 62.2 cm³/mol. The predicted octanol–water partition coefficient (Wildman–Crippen LogP) is 4.49. The van der Waals surface area contributed by atoms with Crippen LogP contribution in [-0.4, -0.2) is 0 Å². The Kier molecular flexibility index (Phi) is 2.66. The van der Waals surface area contributed by atoms with Gasteiger partial charge in [0.2, 0.25) is 0 Å². The van der Waals surface area contributed by atoms with Crippen molar-refractivity contribution in [3.8, 4) is 0 Å². The lowest BCUT2D eigenvalue weighted by atomic mass is 9.66. The molecule has 0 heterocycles. The van der Waals surface area contributed by atoms with Gasteiger partial charge in [0.05, 0.1) is 0 Å². The largest absolute Gasteiger partial charge is 0.0625 e. The summed E-state index contributed by atoms with van der Waals surface area (Å²) >= 11 is 0. The minimum Gasteiger partial charge on any atom is -0.0625 e. The van der Waals surface area contributed by atoms with Gasteiger partial charge in [-0.05, 0) is 54.8 Å². The molecule has 2 aliphatic carbocycles. The normalized spacial score (nSPS) is 35.6. The molecule has 0 aliphatic heterocycles. The first kappa shape index (κ1) is 10.5. The summed E-state index contributed by atoms with van der Waals surface area (Å²) in [5.41, 5.74) is 0.823. The van der Waals surface area contributed by atoms with Crippen LogP contribution in [0.15, 0.2) is 0 Å². The van der Waals surface area contributed by atoms with E-state index in [1.165, 1.54) is 6.42 Å². The van der Waals surface area contributed by atoms with Crippen LogP contribution in [0.5, 0.6) is 0 Å². The number of rotatable bonds is 2. The summed E-state index contributed by atoms with van der Waals surface area (Å²) in [4.78, 5) is 0. The van der Waals surface area contributed by atoms with Crippen molar-refractivity contribution >= 4 is 0 Å². The molecular weight excluding hydrogens is 168 g/mol. The van der Waals surface area contributed by atoms with E-state index in [-0.39, 0.29) is 0 Å². The van der Waals surface area contributed by atoms with Gasteiger partial charge < -0.3 is 0 Å². The van der Waals surface area contributed by atoms with E-state index in [1.807, 2.05) is 0 Å². The lowest BCUT2D eigenvalue weighted by molar-refractivity contribution is 0.128. The molecule has 0 radical (unpaired) electrons. The number of hydrogen-bond donors (Lipinski definition) is 0. The summed E-state index contributed by atoms with van der Waals surface area (Å²) in [5, 5.41) is 0. The van der Waals surface area contributed by atoms with Crippen LogP contribution in [0.2, 0.25) is 0 Å². The Hall–Kier alpha value is 0. The SMILES string of the molecule is CC(C)C1CC2(CCC2)CC1C(C)C. The van der Waals surface area contributed by atoms with E-state index in [9.17, 15) is 0 Å². The van der Waals surface area contributed by atoms with Gasteiger partial charge in [-0.1, -0.05) is 34.1 Å². The molecule has 0 N–H and O–H groups in total. The molecule has 0 heteroatoms. The van der Waals surface area contributed by atoms with Crippen LogP contribution < -0.4 is 0 Å². The molecule has 0 aromatic carbocycles. The van der Waals surface area contributed by atoms with Crippen molar-refractivity contribution in [2.75, 3.05) is 0 Å². The average molecular weight is 194 g/mol. The van der Waals surface area contributed by atoms with Crippen LogP contribution in [0.3, 0.4) is 0 Å². The third-order valence-corrected chi connectivity index (χ3v) is 5.01. The Morgan fingerprint density at radius 3 is 1.50 bits per heavy atom. The first-order valence-electron chi connectivity index (χ1n) is 6.54. The molecule has 0 saturated heterocycles. The Bertz CT molecular complexity index is 180. The third-order valence-electron chi connectivity index (χ3n) is 5.01. The van der Waals surface area contributed by atoms with Crippen LogP contribution in [0.1, 0.15) is 59.8 Å². The maximum atomic E-state index is 2.43. The zero-order valence-electron chi connectivity index (χ0n) is 10.3. The van der Waals surface area contributed by atoms with Crippen LogP contribution in [0.25, 0.3) is 0 Å². The summed E-state index contributed by atoms with van der Waals surface area (Å²) in [6.45, 7) is 9.71. The van der Waals surface area contributed by atoms with E-state index < -0.39 is 0 Å². The van der Waals surface area contributed by atoms with Gasteiger partial charge in [0, 0.05) is 0 Å². The monoisotopic (exact) mass is 194 g/mol. The van der Waals surface area contributed by atoms with Crippen LogP contribution in [0.4, 0.5) is 0 Å². The first-order chi connectivity index (χ1) is 6.54. The third kappa shape index (κ3) is 1.61. The molecule has 2 unspecified atom stereocenters. The minimum atomic E-state index is 0.823. The highest BCUT2D eigenvalue weighted by Crippen LogP contribution is 2.60. The summed E-state index contributed by atoms with van der Waals surface area (Å²) in [7, 11) is 0. The van der Waals surface area contributed by atoms with Gasteiger partial charge in [-0.25, -0.2) is 0 Å². The van der Waals surface area contributed by atoms with E-state index in [2.05, 4.69) is 27.7 Å². The zero-order chi connectivity index (χ0) is 10.3. The van der Waals surface area contributed by atoms with Crippen molar-refractivity contribution in [1.82, 2.24) is 0 Å². The second kappa shape index (κ2) is 3.54. The second-order valence-electron chi connectivity index (χ2n) is 6.58. The van der Waals surface area contributed by atoms with Gasteiger partial charge in [0.1, 0.15) is 0 Å². The molecule has 0 bridgehead atoms. The highest BCUT2D eigenvalue weighted by molar-refractivity contribution is 4.99. The van der Waals surface area contributed by atoms with Crippen LogP contribution in [0, 0.1) is 29.1 Å². The van der Waals surface area contributed by atoms with Crippen LogP contribution >= 0.6 is 0 Å². The van der Waals surface area contributed by atoms with Crippen molar-refractivity contribution in [2.45, 2.75) is 59.8 Å².